The maximum atomic E-state index is 5.71. The number of halogens is 2. The summed E-state index contributed by atoms with van der Waals surface area (Å²) < 4.78 is 5.21. The second-order valence-corrected chi connectivity index (χ2v) is 4.22. The fourth-order valence-corrected chi connectivity index (χ4v) is 1.99. The predicted molar refractivity (Wildman–Crippen MR) is 90.4 cm³/mol. The number of anilines is 1. The summed E-state index contributed by atoms with van der Waals surface area (Å²) in [5.41, 5.74) is 8.42. The van der Waals surface area contributed by atoms with Crippen molar-refractivity contribution in [1.82, 2.24) is 9.97 Å². The van der Waals surface area contributed by atoms with Gasteiger partial charge in [-0.3, -0.25) is 4.98 Å². The van der Waals surface area contributed by atoms with Crippen LogP contribution in [0.4, 0.5) is 5.82 Å². The number of rotatable bonds is 2. The van der Waals surface area contributed by atoms with Crippen LogP contribution in [0.1, 0.15) is 0 Å². The van der Waals surface area contributed by atoms with Crippen molar-refractivity contribution >= 4 is 41.5 Å². The highest BCUT2D eigenvalue weighted by Gasteiger charge is 2.03. The van der Waals surface area contributed by atoms with Crippen LogP contribution in [-0.2, 0) is 0 Å². The molecule has 3 rings (SSSR count). The van der Waals surface area contributed by atoms with Crippen LogP contribution in [0.3, 0.4) is 0 Å². The van der Waals surface area contributed by atoms with Gasteiger partial charge in [-0.15, -0.1) is 24.8 Å². The van der Waals surface area contributed by atoms with Gasteiger partial charge in [0.2, 0.25) is 0 Å². The summed E-state index contributed by atoms with van der Waals surface area (Å²) in [5, 5.41) is 1.06. The van der Waals surface area contributed by atoms with E-state index in [4.69, 9.17) is 10.5 Å². The summed E-state index contributed by atoms with van der Waals surface area (Å²) in [4.78, 5) is 8.67. The van der Waals surface area contributed by atoms with E-state index in [-0.39, 0.29) is 24.8 Å². The molecule has 0 aliphatic carbocycles. The van der Waals surface area contributed by atoms with Crippen molar-refractivity contribution in [2.45, 2.75) is 0 Å². The van der Waals surface area contributed by atoms with Gasteiger partial charge in [-0.2, -0.15) is 0 Å². The van der Waals surface area contributed by atoms with Crippen LogP contribution in [0, 0.1) is 0 Å². The molecule has 0 saturated carbocycles. The van der Waals surface area contributed by atoms with Crippen molar-refractivity contribution in [2.75, 3.05) is 12.8 Å². The maximum Gasteiger partial charge on any atom is 0.124 e. The quantitative estimate of drug-likeness (QED) is 0.780. The Labute approximate surface area is 135 Å². The van der Waals surface area contributed by atoms with Gasteiger partial charge in [0.1, 0.15) is 11.6 Å². The Kier molecular flexibility index (Phi) is 5.76. The molecule has 0 fully saturated rings. The Hall–Kier alpha value is -2.04. The first-order valence-corrected chi connectivity index (χ1v) is 5.93. The third-order valence-electron chi connectivity index (χ3n) is 2.98. The molecule has 2 aromatic heterocycles. The molecule has 0 atom stereocenters. The minimum atomic E-state index is 0. The van der Waals surface area contributed by atoms with E-state index >= 15 is 0 Å². The Morgan fingerprint density at radius 3 is 2.52 bits per heavy atom. The van der Waals surface area contributed by atoms with E-state index in [0.717, 1.165) is 27.9 Å². The van der Waals surface area contributed by atoms with E-state index in [0.29, 0.717) is 5.82 Å². The molecule has 0 spiro atoms. The van der Waals surface area contributed by atoms with E-state index in [1.165, 1.54) is 0 Å². The highest BCUT2D eigenvalue weighted by molar-refractivity contribution is 5.86. The Morgan fingerprint density at radius 1 is 1.00 bits per heavy atom. The number of nitrogens with two attached hydrogens (primary N) is 1. The lowest BCUT2D eigenvalue weighted by atomic mass is 10.1. The lowest BCUT2D eigenvalue weighted by Gasteiger charge is -2.05. The summed E-state index contributed by atoms with van der Waals surface area (Å²) in [6.45, 7) is 0. The summed E-state index contributed by atoms with van der Waals surface area (Å²) >= 11 is 0. The van der Waals surface area contributed by atoms with Crippen LogP contribution in [0.2, 0.25) is 0 Å². The van der Waals surface area contributed by atoms with Crippen LogP contribution in [0.25, 0.3) is 22.2 Å². The second kappa shape index (κ2) is 7.11. The van der Waals surface area contributed by atoms with E-state index in [9.17, 15) is 0 Å². The Morgan fingerprint density at radius 2 is 1.76 bits per heavy atom. The van der Waals surface area contributed by atoms with Gasteiger partial charge >= 0.3 is 0 Å². The van der Waals surface area contributed by atoms with Crippen molar-refractivity contribution < 1.29 is 4.74 Å². The zero-order chi connectivity index (χ0) is 13.2. The number of pyridine rings is 2. The van der Waals surface area contributed by atoms with Gasteiger partial charge in [0.15, 0.2) is 0 Å². The van der Waals surface area contributed by atoms with Crippen LogP contribution >= 0.6 is 24.8 Å². The first-order valence-electron chi connectivity index (χ1n) is 5.93. The van der Waals surface area contributed by atoms with Crippen molar-refractivity contribution in [3.8, 4) is 17.0 Å². The molecule has 21 heavy (non-hydrogen) atoms. The number of fused-ring (bicyclic) bond motifs is 1. The molecule has 0 unspecified atom stereocenters. The number of nitrogen functional groups attached to an aromatic ring is 1. The zero-order valence-electron chi connectivity index (χ0n) is 11.3. The highest BCUT2D eigenvalue weighted by atomic mass is 35.5. The smallest absolute Gasteiger partial charge is 0.124 e. The number of methoxy groups -OCH3 is 1. The largest absolute Gasteiger partial charge is 0.497 e. The van der Waals surface area contributed by atoms with Gasteiger partial charge in [0.05, 0.1) is 18.3 Å². The third kappa shape index (κ3) is 3.54. The van der Waals surface area contributed by atoms with Gasteiger partial charge in [-0.1, -0.05) is 12.1 Å². The number of hydrogen-bond donors (Lipinski definition) is 1. The highest BCUT2D eigenvalue weighted by Crippen LogP contribution is 2.24. The molecule has 0 amide bonds. The standard InChI is InChI=1S/C15H13N3O.2ClH/c1-19-12-6-7-17-13(9-12)11-3-2-10-4-5-15(16)18-14(10)8-11;;/h2-9H,1H3,(H2,16,18);2*1H. The Balaban J connectivity index is 0.00000110. The summed E-state index contributed by atoms with van der Waals surface area (Å²) in [6.07, 6.45) is 1.73. The third-order valence-corrected chi connectivity index (χ3v) is 2.98. The fourth-order valence-electron chi connectivity index (χ4n) is 1.99. The fraction of sp³-hybridized carbons (Fsp3) is 0.0667. The van der Waals surface area contributed by atoms with Crippen LogP contribution in [0.5, 0.6) is 5.75 Å². The summed E-state index contributed by atoms with van der Waals surface area (Å²) in [6, 6.07) is 13.5. The van der Waals surface area contributed by atoms with Crippen molar-refractivity contribution in [1.29, 1.82) is 0 Å². The minimum Gasteiger partial charge on any atom is -0.497 e. The van der Waals surface area contributed by atoms with Gasteiger partial charge < -0.3 is 10.5 Å². The van der Waals surface area contributed by atoms with E-state index in [1.54, 1.807) is 19.4 Å². The van der Waals surface area contributed by atoms with Crippen LogP contribution in [0.15, 0.2) is 48.7 Å². The normalized spacial score (nSPS) is 9.57. The van der Waals surface area contributed by atoms with Crippen LogP contribution in [-0.4, -0.2) is 17.1 Å². The first-order chi connectivity index (χ1) is 9.26. The summed E-state index contributed by atoms with van der Waals surface area (Å²) in [5.74, 6) is 1.30. The molecule has 1 aromatic carbocycles. The van der Waals surface area contributed by atoms with E-state index in [2.05, 4.69) is 9.97 Å². The molecule has 2 heterocycles. The van der Waals surface area contributed by atoms with Gasteiger partial charge in [-0.05, 0) is 24.3 Å². The average Bonchev–Trinajstić information content (AvgIpc) is 2.46. The number of aromatic nitrogens is 2. The molecule has 0 saturated heterocycles. The maximum absolute atomic E-state index is 5.71. The van der Waals surface area contributed by atoms with Crippen molar-refractivity contribution in [3.63, 3.8) is 0 Å². The van der Waals surface area contributed by atoms with E-state index < -0.39 is 0 Å². The first kappa shape index (κ1) is 17.0. The van der Waals surface area contributed by atoms with Gasteiger partial charge in [0.25, 0.3) is 0 Å². The molecule has 3 aromatic rings. The Bertz CT molecular complexity index is 750. The number of nitrogens with zero attached hydrogens (tertiary/aromatic N) is 2. The van der Waals surface area contributed by atoms with Gasteiger partial charge in [-0.25, -0.2) is 4.98 Å². The lowest BCUT2D eigenvalue weighted by molar-refractivity contribution is 0.414. The minimum absolute atomic E-state index is 0. The number of ether oxygens (including phenoxy) is 1. The van der Waals surface area contributed by atoms with Crippen molar-refractivity contribution in [3.05, 3.63) is 48.7 Å². The number of hydrogen-bond acceptors (Lipinski definition) is 4. The summed E-state index contributed by atoms with van der Waals surface area (Å²) in [7, 11) is 1.64. The topological polar surface area (TPSA) is 61.0 Å². The molecule has 6 heteroatoms. The van der Waals surface area contributed by atoms with Crippen LogP contribution < -0.4 is 10.5 Å². The number of benzene rings is 1. The molecule has 0 aliphatic rings. The van der Waals surface area contributed by atoms with Crippen molar-refractivity contribution in [2.24, 2.45) is 0 Å². The molecule has 0 bridgehead atoms. The molecule has 0 radical (unpaired) electrons. The second-order valence-electron chi connectivity index (χ2n) is 4.22. The predicted octanol–water partition coefficient (Wildman–Crippen LogP) is 3.73. The SMILES string of the molecule is COc1ccnc(-c2ccc3ccc(N)nc3c2)c1.Cl.Cl. The zero-order valence-corrected chi connectivity index (χ0v) is 12.9. The van der Waals surface area contributed by atoms with Gasteiger partial charge in [0, 0.05) is 23.2 Å². The molecule has 110 valence electrons. The van der Waals surface area contributed by atoms with E-state index in [1.807, 2.05) is 36.4 Å². The molecule has 4 nitrogen and oxygen atoms in total. The molecule has 2 N–H and O–H groups in total. The average molecular weight is 324 g/mol. The molecule has 0 aliphatic heterocycles. The molecular weight excluding hydrogens is 309 g/mol. The molecular formula is C15H15Cl2N3O. The lowest BCUT2D eigenvalue weighted by Crippen LogP contribution is -1.91. The monoisotopic (exact) mass is 323 g/mol.